The lowest BCUT2D eigenvalue weighted by Crippen LogP contribution is -2.38. The number of hydrogen-bond acceptors (Lipinski definition) is 5. The van der Waals surface area contributed by atoms with Gasteiger partial charge in [0.05, 0.1) is 11.4 Å². The van der Waals surface area contributed by atoms with Crippen molar-refractivity contribution in [3.63, 3.8) is 0 Å². The van der Waals surface area contributed by atoms with Gasteiger partial charge >= 0.3 is 0 Å². The van der Waals surface area contributed by atoms with Gasteiger partial charge in [0, 0.05) is 45.1 Å². The molecule has 1 aromatic heterocycles. The van der Waals surface area contributed by atoms with Crippen LogP contribution < -0.4 is 4.74 Å². The van der Waals surface area contributed by atoms with Crippen molar-refractivity contribution >= 4 is 5.91 Å². The molecule has 1 fully saturated rings. The van der Waals surface area contributed by atoms with Crippen LogP contribution in [0.4, 0.5) is 0 Å². The minimum absolute atomic E-state index is 0.0465. The number of carbonyl (C=O) groups is 1. The zero-order chi connectivity index (χ0) is 19.2. The van der Waals surface area contributed by atoms with E-state index in [-0.39, 0.29) is 12.5 Å². The highest BCUT2D eigenvalue weighted by Gasteiger charge is 2.20. The first-order chi connectivity index (χ1) is 13.0. The third-order valence-electron chi connectivity index (χ3n) is 5.00. The van der Waals surface area contributed by atoms with Crippen molar-refractivity contribution in [3.05, 3.63) is 53.1 Å². The number of hydrogen-bond donors (Lipinski definition) is 0. The number of aromatic nitrogens is 2. The molecule has 0 aliphatic carbocycles. The lowest BCUT2D eigenvalue weighted by molar-refractivity contribution is -0.133. The van der Waals surface area contributed by atoms with E-state index in [0.29, 0.717) is 6.54 Å². The molecule has 6 heteroatoms. The standard InChI is InChI=1S/C21H28N4O2/c1-16-5-6-20(11-17(16)2)27-15-21(26)25-8-4-7-24(9-10-25)14-19-13-22-18(3)12-23-19/h5-6,11-13H,4,7-10,14-15H2,1-3H3. The number of aryl methyl sites for hydroxylation is 3. The van der Waals surface area contributed by atoms with Gasteiger partial charge in [0.1, 0.15) is 5.75 Å². The Morgan fingerprint density at radius 1 is 1.04 bits per heavy atom. The molecule has 0 saturated carbocycles. The normalized spacial score (nSPS) is 15.4. The van der Waals surface area contributed by atoms with Crippen LogP contribution in [-0.4, -0.2) is 58.5 Å². The molecular formula is C21H28N4O2. The molecule has 0 bridgehead atoms. The van der Waals surface area contributed by atoms with E-state index < -0.39 is 0 Å². The molecule has 0 spiro atoms. The smallest absolute Gasteiger partial charge is 0.260 e. The number of amides is 1. The highest BCUT2D eigenvalue weighted by Crippen LogP contribution is 2.16. The molecule has 27 heavy (non-hydrogen) atoms. The molecule has 1 aliphatic heterocycles. The van der Waals surface area contributed by atoms with Crippen molar-refractivity contribution in [1.82, 2.24) is 19.8 Å². The van der Waals surface area contributed by atoms with Gasteiger partial charge in [0.2, 0.25) is 0 Å². The molecule has 3 rings (SSSR count). The molecule has 2 aromatic rings. The van der Waals surface area contributed by atoms with E-state index in [1.807, 2.05) is 43.1 Å². The Bertz CT molecular complexity index is 776. The number of ether oxygens (including phenoxy) is 1. The van der Waals surface area contributed by atoms with E-state index in [2.05, 4.69) is 21.8 Å². The Balaban J connectivity index is 1.48. The highest BCUT2D eigenvalue weighted by molar-refractivity contribution is 5.77. The minimum atomic E-state index is 0.0465. The number of nitrogens with zero attached hydrogens (tertiary/aromatic N) is 4. The summed E-state index contributed by atoms with van der Waals surface area (Å²) in [6, 6.07) is 5.92. The molecule has 0 N–H and O–H groups in total. The maximum Gasteiger partial charge on any atom is 0.260 e. The fraction of sp³-hybridized carbons (Fsp3) is 0.476. The molecule has 1 amide bonds. The summed E-state index contributed by atoms with van der Waals surface area (Å²) in [4.78, 5) is 25.5. The van der Waals surface area contributed by atoms with Crippen molar-refractivity contribution in [2.45, 2.75) is 33.7 Å². The maximum atomic E-state index is 12.5. The number of benzene rings is 1. The van der Waals surface area contributed by atoms with Gasteiger partial charge < -0.3 is 9.64 Å². The van der Waals surface area contributed by atoms with Crippen LogP contribution in [0.3, 0.4) is 0 Å². The van der Waals surface area contributed by atoms with Crippen molar-refractivity contribution in [2.24, 2.45) is 0 Å². The second-order valence-corrected chi connectivity index (χ2v) is 7.19. The van der Waals surface area contributed by atoms with Crippen molar-refractivity contribution < 1.29 is 9.53 Å². The minimum Gasteiger partial charge on any atom is -0.484 e. The van der Waals surface area contributed by atoms with E-state index in [1.165, 1.54) is 11.1 Å². The van der Waals surface area contributed by atoms with Crippen LogP contribution in [0.1, 0.15) is 28.9 Å². The van der Waals surface area contributed by atoms with Gasteiger partial charge in [-0.15, -0.1) is 0 Å². The fourth-order valence-electron chi connectivity index (χ4n) is 3.15. The number of carbonyl (C=O) groups excluding carboxylic acids is 1. The van der Waals surface area contributed by atoms with Crippen molar-refractivity contribution in [2.75, 3.05) is 32.8 Å². The second kappa shape index (κ2) is 8.95. The van der Waals surface area contributed by atoms with Crippen LogP contribution in [-0.2, 0) is 11.3 Å². The summed E-state index contributed by atoms with van der Waals surface area (Å²) in [5.74, 6) is 0.797. The van der Waals surface area contributed by atoms with Gasteiger partial charge in [-0.1, -0.05) is 6.07 Å². The summed E-state index contributed by atoms with van der Waals surface area (Å²) in [5, 5.41) is 0. The zero-order valence-corrected chi connectivity index (χ0v) is 16.4. The molecule has 1 aromatic carbocycles. The topological polar surface area (TPSA) is 58.6 Å². The van der Waals surface area contributed by atoms with Crippen molar-refractivity contribution in [1.29, 1.82) is 0 Å². The Hall–Kier alpha value is -2.47. The van der Waals surface area contributed by atoms with E-state index in [1.54, 1.807) is 6.20 Å². The molecule has 6 nitrogen and oxygen atoms in total. The maximum absolute atomic E-state index is 12.5. The van der Waals surface area contributed by atoms with E-state index in [9.17, 15) is 4.79 Å². The Labute approximate surface area is 161 Å². The summed E-state index contributed by atoms with van der Waals surface area (Å²) in [6.07, 6.45) is 4.59. The summed E-state index contributed by atoms with van der Waals surface area (Å²) < 4.78 is 5.71. The van der Waals surface area contributed by atoms with Crippen LogP contribution in [0, 0.1) is 20.8 Å². The first-order valence-electron chi connectivity index (χ1n) is 9.49. The van der Waals surface area contributed by atoms with Gasteiger partial charge in [-0.25, -0.2) is 0 Å². The first kappa shape index (κ1) is 19.3. The van der Waals surface area contributed by atoms with Gasteiger partial charge in [0.15, 0.2) is 6.61 Å². The third kappa shape index (κ3) is 5.50. The van der Waals surface area contributed by atoms with Crippen LogP contribution in [0.2, 0.25) is 0 Å². The van der Waals surface area contributed by atoms with E-state index in [4.69, 9.17) is 4.74 Å². The average Bonchev–Trinajstić information content (AvgIpc) is 2.90. The Morgan fingerprint density at radius 3 is 2.63 bits per heavy atom. The number of rotatable bonds is 5. The van der Waals surface area contributed by atoms with Crippen LogP contribution >= 0.6 is 0 Å². The third-order valence-corrected chi connectivity index (χ3v) is 5.00. The summed E-state index contributed by atoms with van der Waals surface area (Å²) >= 11 is 0. The average molecular weight is 368 g/mol. The molecule has 1 saturated heterocycles. The molecule has 1 aliphatic rings. The molecule has 0 unspecified atom stereocenters. The lowest BCUT2D eigenvalue weighted by Gasteiger charge is -2.22. The van der Waals surface area contributed by atoms with E-state index >= 15 is 0 Å². The Kier molecular flexibility index (Phi) is 6.40. The highest BCUT2D eigenvalue weighted by atomic mass is 16.5. The molecule has 0 atom stereocenters. The van der Waals surface area contributed by atoms with E-state index in [0.717, 1.165) is 49.7 Å². The summed E-state index contributed by atoms with van der Waals surface area (Å²) in [7, 11) is 0. The van der Waals surface area contributed by atoms with Gasteiger partial charge in [-0.2, -0.15) is 0 Å². The zero-order valence-electron chi connectivity index (χ0n) is 16.4. The molecule has 0 radical (unpaired) electrons. The van der Waals surface area contributed by atoms with Gasteiger partial charge in [-0.3, -0.25) is 19.7 Å². The Morgan fingerprint density at radius 2 is 1.89 bits per heavy atom. The summed E-state index contributed by atoms with van der Waals surface area (Å²) in [6.45, 7) is 10.2. The van der Waals surface area contributed by atoms with Gasteiger partial charge in [0.25, 0.3) is 5.91 Å². The lowest BCUT2D eigenvalue weighted by atomic mass is 10.1. The predicted molar refractivity (Wildman–Crippen MR) is 105 cm³/mol. The first-order valence-corrected chi connectivity index (χ1v) is 9.49. The molecule has 2 heterocycles. The summed E-state index contributed by atoms with van der Waals surface area (Å²) in [5.41, 5.74) is 4.29. The fourth-order valence-corrected chi connectivity index (χ4v) is 3.15. The SMILES string of the molecule is Cc1cnc(CN2CCCN(C(=O)COc3ccc(C)c(C)c3)CC2)cn1. The van der Waals surface area contributed by atoms with Crippen molar-refractivity contribution in [3.8, 4) is 5.75 Å². The van der Waals surface area contributed by atoms with Crippen LogP contribution in [0.25, 0.3) is 0 Å². The van der Waals surface area contributed by atoms with Crippen LogP contribution in [0.5, 0.6) is 5.75 Å². The monoisotopic (exact) mass is 368 g/mol. The largest absolute Gasteiger partial charge is 0.484 e. The quantitative estimate of drug-likeness (QED) is 0.812. The molecule has 144 valence electrons. The van der Waals surface area contributed by atoms with Gasteiger partial charge in [-0.05, 0) is 50.5 Å². The van der Waals surface area contributed by atoms with Crippen LogP contribution in [0.15, 0.2) is 30.6 Å². The molecular weight excluding hydrogens is 340 g/mol. The second-order valence-electron chi connectivity index (χ2n) is 7.19. The predicted octanol–water partition coefficient (Wildman–Crippen LogP) is 2.52.